The van der Waals surface area contributed by atoms with Gasteiger partial charge < -0.3 is 15.4 Å². The molecule has 0 fully saturated rings. The lowest BCUT2D eigenvalue weighted by molar-refractivity contribution is -0.122. The van der Waals surface area contributed by atoms with Crippen LogP contribution in [0.3, 0.4) is 0 Å². The first-order valence-corrected chi connectivity index (χ1v) is 7.96. The Bertz CT molecular complexity index is 685. The molecule has 4 heteroatoms. The van der Waals surface area contributed by atoms with E-state index >= 15 is 0 Å². The van der Waals surface area contributed by atoms with Crippen molar-refractivity contribution in [2.75, 3.05) is 12.4 Å². The Morgan fingerprint density at radius 1 is 1.26 bits per heavy atom. The number of carbonyl (C=O) groups excluding carboxylic acids is 1. The SMILES string of the molecule is COc1ccc2c(c1)N[C@@H](C(=O)N[C@@H](C)c1ccccc1)CC2. The summed E-state index contributed by atoms with van der Waals surface area (Å²) >= 11 is 0. The fraction of sp³-hybridized carbons (Fsp3) is 0.316. The average molecular weight is 310 g/mol. The van der Waals surface area contributed by atoms with E-state index in [0.717, 1.165) is 29.8 Å². The number of hydrogen-bond acceptors (Lipinski definition) is 3. The highest BCUT2D eigenvalue weighted by Crippen LogP contribution is 2.29. The molecule has 2 N–H and O–H groups in total. The minimum atomic E-state index is -0.208. The maximum atomic E-state index is 12.5. The summed E-state index contributed by atoms with van der Waals surface area (Å²) in [5, 5.41) is 6.43. The maximum Gasteiger partial charge on any atom is 0.242 e. The fourth-order valence-electron chi connectivity index (χ4n) is 2.93. The van der Waals surface area contributed by atoms with E-state index in [-0.39, 0.29) is 18.0 Å². The Balaban J connectivity index is 1.67. The van der Waals surface area contributed by atoms with Gasteiger partial charge >= 0.3 is 0 Å². The van der Waals surface area contributed by atoms with Crippen LogP contribution in [-0.4, -0.2) is 19.1 Å². The third-order valence-corrected chi connectivity index (χ3v) is 4.32. The molecule has 0 bridgehead atoms. The molecule has 1 amide bonds. The van der Waals surface area contributed by atoms with Gasteiger partial charge in [0.2, 0.25) is 5.91 Å². The molecule has 0 spiro atoms. The lowest BCUT2D eigenvalue weighted by atomic mass is 9.97. The zero-order chi connectivity index (χ0) is 16.2. The van der Waals surface area contributed by atoms with Crippen molar-refractivity contribution in [3.8, 4) is 5.75 Å². The Morgan fingerprint density at radius 2 is 2.04 bits per heavy atom. The Hall–Kier alpha value is -2.49. The normalized spacial score (nSPS) is 17.6. The average Bonchev–Trinajstić information content (AvgIpc) is 2.61. The van der Waals surface area contributed by atoms with Crippen LogP contribution in [0.1, 0.15) is 30.5 Å². The van der Waals surface area contributed by atoms with Gasteiger partial charge in [-0.15, -0.1) is 0 Å². The number of amides is 1. The minimum absolute atomic E-state index is 0.00259. The van der Waals surface area contributed by atoms with Crippen molar-refractivity contribution in [3.63, 3.8) is 0 Å². The number of rotatable bonds is 4. The van der Waals surface area contributed by atoms with Gasteiger partial charge in [-0.25, -0.2) is 0 Å². The summed E-state index contributed by atoms with van der Waals surface area (Å²) in [7, 11) is 1.65. The van der Waals surface area contributed by atoms with E-state index in [1.807, 2.05) is 49.4 Å². The second kappa shape index (κ2) is 6.73. The molecule has 0 saturated heterocycles. The van der Waals surface area contributed by atoms with Crippen LogP contribution in [0.2, 0.25) is 0 Å². The number of fused-ring (bicyclic) bond motifs is 1. The first kappa shape index (κ1) is 15.4. The molecule has 0 aromatic heterocycles. The quantitative estimate of drug-likeness (QED) is 0.911. The van der Waals surface area contributed by atoms with Crippen molar-refractivity contribution in [2.24, 2.45) is 0 Å². The molecule has 0 unspecified atom stereocenters. The van der Waals surface area contributed by atoms with E-state index < -0.39 is 0 Å². The van der Waals surface area contributed by atoms with E-state index in [1.165, 1.54) is 5.56 Å². The Morgan fingerprint density at radius 3 is 2.78 bits per heavy atom. The molecule has 1 heterocycles. The smallest absolute Gasteiger partial charge is 0.242 e. The van der Waals surface area contributed by atoms with Crippen molar-refractivity contribution in [1.82, 2.24) is 5.32 Å². The van der Waals surface area contributed by atoms with Crippen molar-refractivity contribution >= 4 is 11.6 Å². The first-order chi connectivity index (χ1) is 11.2. The lowest BCUT2D eigenvalue weighted by Crippen LogP contribution is -2.42. The van der Waals surface area contributed by atoms with Gasteiger partial charge in [0.1, 0.15) is 11.8 Å². The fourth-order valence-corrected chi connectivity index (χ4v) is 2.93. The van der Waals surface area contributed by atoms with Crippen molar-refractivity contribution in [2.45, 2.75) is 31.8 Å². The summed E-state index contributed by atoms with van der Waals surface area (Å²) in [5.74, 6) is 0.838. The molecule has 23 heavy (non-hydrogen) atoms. The second-order valence-corrected chi connectivity index (χ2v) is 5.90. The van der Waals surface area contributed by atoms with Gasteiger partial charge in [-0.2, -0.15) is 0 Å². The Kier molecular flexibility index (Phi) is 4.51. The van der Waals surface area contributed by atoms with Gasteiger partial charge in [0.05, 0.1) is 13.2 Å². The zero-order valence-electron chi connectivity index (χ0n) is 13.5. The van der Waals surface area contributed by atoms with E-state index in [0.29, 0.717) is 0 Å². The van der Waals surface area contributed by atoms with Crippen molar-refractivity contribution in [1.29, 1.82) is 0 Å². The summed E-state index contributed by atoms with van der Waals surface area (Å²) in [5.41, 5.74) is 3.33. The highest BCUT2D eigenvalue weighted by molar-refractivity contribution is 5.86. The zero-order valence-corrected chi connectivity index (χ0v) is 13.5. The molecule has 120 valence electrons. The van der Waals surface area contributed by atoms with Gasteiger partial charge in [-0.3, -0.25) is 4.79 Å². The molecule has 2 aromatic rings. The van der Waals surface area contributed by atoms with Crippen LogP contribution in [0, 0.1) is 0 Å². The first-order valence-electron chi connectivity index (χ1n) is 7.96. The van der Waals surface area contributed by atoms with Gasteiger partial charge in [0, 0.05) is 11.8 Å². The molecule has 0 radical (unpaired) electrons. The molecule has 0 saturated carbocycles. The highest BCUT2D eigenvalue weighted by atomic mass is 16.5. The standard InChI is InChI=1S/C19H22N2O2/c1-13(14-6-4-3-5-7-14)20-19(22)17-11-9-15-8-10-16(23-2)12-18(15)21-17/h3-8,10,12-13,17,21H,9,11H2,1-2H3,(H,20,22)/t13-,17+/m0/s1. The number of carbonyl (C=O) groups is 1. The van der Waals surface area contributed by atoms with Crippen LogP contribution in [-0.2, 0) is 11.2 Å². The summed E-state index contributed by atoms with van der Waals surface area (Å²) in [6.45, 7) is 2.01. The molecule has 2 aromatic carbocycles. The number of nitrogens with one attached hydrogen (secondary N) is 2. The summed E-state index contributed by atoms with van der Waals surface area (Å²) < 4.78 is 5.26. The third kappa shape index (κ3) is 3.47. The van der Waals surface area contributed by atoms with Crippen LogP contribution in [0.4, 0.5) is 5.69 Å². The molecular formula is C19H22N2O2. The minimum Gasteiger partial charge on any atom is -0.497 e. The van der Waals surface area contributed by atoms with E-state index in [1.54, 1.807) is 7.11 Å². The molecule has 1 aliphatic rings. The predicted molar refractivity (Wildman–Crippen MR) is 91.7 cm³/mol. The van der Waals surface area contributed by atoms with Crippen LogP contribution < -0.4 is 15.4 Å². The van der Waals surface area contributed by atoms with Gasteiger partial charge in [-0.05, 0) is 37.0 Å². The van der Waals surface area contributed by atoms with Gasteiger partial charge in [0.15, 0.2) is 0 Å². The maximum absolute atomic E-state index is 12.5. The van der Waals surface area contributed by atoms with E-state index in [4.69, 9.17) is 4.74 Å². The number of ether oxygens (including phenoxy) is 1. The summed E-state index contributed by atoms with van der Waals surface area (Å²) in [4.78, 5) is 12.5. The van der Waals surface area contributed by atoms with Crippen molar-refractivity contribution in [3.05, 3.63) is 59.7 Å². The Labute approximate surface area is 136 Å². The number of aryl methyl sites for hydroxylation is 1. The summed E-state index contributed by atoms with van der Waals surface area (Å²) in [6, 6.07) is 15.8. The predicted octanol–water partition coefficient (Wildman–Crippen LogP) is 3.30. The molecule has 1 aliphatic heterocycles. The third-order valence-electron chi connectivity index (χ3n) is 4.32. The molecular weight excluding hydrogens is 288 g/mol. The van der Waals surface area contributed by atoms with Gasteiger partial charge in [-0.1, -0.05) is 36.4 Å². The molecule has 2 atom stereocenters. The number of anilines is 1. The monoisotopic (exact) mass is 310 g/mol. The van der Waals surface area contributed by atoms with Gasteiger partial charge in [0.25, 0.3) is 0 Å². The molecule has 0 aliphatic carbocycles. The number of benzene rings is 2. The van der Waals surface area contributed by atoms with E-state index in [2.05, 4.69) is 16.7 Å². The largest absolute Gasteiger partial charge is 0.497 e. The lowest BCUT2D eigenvalue weighted by Gasteiger charge is -2.28. The molecule has 3 rings (SSSR count). The van der Waals surface area contributed by atoms with Crippen LogP contribution in [0.15, 0.2) is 48.5 Å². The van der Waals surface area contributed by atoms with Crippen LogP contribution >= 0.6 is 0 Å². The number of methoxy groups -OCH3 is 1. The van der Waals surface area contributed by atoms with E-state index in [9.17, 15) is 4.79 Å². The topological polar surface area (TPSA) is 50.4 Å². The van der Waals surface area contributed by atoms with Crippen LogP contribution in [0.5, 0.6) is 5.75 Å². The van der Waals surface area contributed by atoms with Crippen molar-refractivity contribution < 1.29 is 9.53 Å². The summed E-state index contributed by atoms with van der Waals surface area (Å²) in [6.07, 6.45) is 1.69. The second-order valence-electron chi connectivity index (χ2n) is 5.90. The highest BCUT2D eigenvalue weighted by Gasteiger charge is 2.25. The number of hydrogen-bond donors (Lipinski definition) is 2. The van der Waals surface area contributed by atoms with Crippen LogP contribution in [0.25, 0.3) is 0 Å². The molecule has 4 nitrogen and oxygen atoms in total.